The van der Waals surface area contributed by atoms with Crippen molar-refractivity contribution in [2.24, 2.45) is 0 Å². The summed E-state index contributed by atoms with van der Waals surface area (Å²) in [7, 11) is 1.54. The molecule has 0 spiro atoms. The van der Waals surface area contributed by atoms with Crippen LogP contribution in [0, 0.1) is 0 Å². The highest BCUT2D eigenvalue weighted by atomic mass is 16.6. The topological polar surface area (TPSA) is 114 Å². The number of fused-ring (bicyclic) bond motifs is 1. The van der Waals surface area contributed by atoms with Crippen LogP contribution in [0.5, 0.6) is 11.6 Å². The van der Waals surface area contributed by atoms with Crippen molar-refractivity contribution >= 4 is 28.8 Å². The average Bonchev–Trinajstić information content (AvgIpc) is 3.32. The number of pyridine rings is 2. The molecule has 0 atom stereocenters. The summed E-state index contributed by atoms with van der Waals surface area (Å²) in [5.74, 6) is 0.824. The molecule has 0 fully saturated rings. The van der Waals surface area contributed by atoms with Gasteiger partial charge in [0, 0.05) is 41.0 Å². The van der Waals surface area contributed by atoms with Gasteiger partial charge >= 0.3 is 12.1 Å². The van der Waals surface area contributed by atoms with Crippen LogP contribution in [-0.2, 0) is 22.6 Å². The Balaban J connectivity index is 1.63. The van der Waals surface area contributed by atoms with Crippen LogP contribution < -0.4 is 14.8 Å². The maximum atomic E-state index is 13.7. The number of anilines is 1. The Kier molecular flexibility index (Phi) is 9.32. The fourth-order valence-corrected chi connectivity index (χ4v) is 4.99. The maximum Gasteiger partial charge on any atom is 0.413 e. The number of methoxy groups -OCH3 is 1. The molecule has 10 heteroatoms. The van der Waals surface area contributed by atoms with E-state index < -0.39 is 17.7 Å². The Bertz CT molecular complexity index is 1810. The first kappa shape index (κ1) is 31.1. The van der Waals surface area contributed by atoms with E-state index in [2.05, 4.69) is 15.3 Å². The van der Waals surface area contributed by atoms with Crippen LogP contribution in [0.25, 0.3) is 22.0 Å². The summed E-state index contributed by atoms with van der Waals surface area (Å²) in [5.41, 5.74) is 3.50. The molecule has 0 aliphatic rings. The van der Waals surface area contributed by atoms with Gasteiger partial charge in [-0.2, -0.15) is 0 Å². The Hall–Kier alpha value is -5.38. The van der Waals surface area contributed by atoms with Crippen molar-refractivity contribution in [1.82, 2.24) is 14.5 Å². The summed E-state index contributed by atoms with van der Waals surface area (Å²) in [6, 6.07) is 22.8. The first-order valence-corrected chi connectivity index (χ1v) is 14.6. The molecule has 0 saturated heterocycles. The zero-order valence-electron chi connectivity index (χ0n) is 26.0. The van der Waals surface area contributed by atoms with Crippen molar-refractivity contribution in [3.63, 3.8) is 0 Å². The van der Waals surface area contributed by atoms with Crippen LogP contribution in [0.3, 0.4) is 0 Å². The number of nitrogens with zero attached hydrogens (tertiary/aromatic N) is 3. The second-order valence-corrected chi connectivity index (χ2v) is 11.2. The summed E-state index contributed by atoms with van der Waals surface area (Å²) >= 11 is 0. The van der Waals surface area contributed by atoms with Crippen molar-refractivity contribution < 1.29 is 28.5 Å². The standard InChI is InChI=1S/C35H36N4O6/c1-6-43-33(40)31-30(26-13-10-17-37-32(26)42-5)27-20-25(44-22-23-11-8-7-9-12-23)14-15-28(27)39(31)21-24-16-18-36-29(19-24)38-34(41)45-35(2,3)4/h7-20H,6,21-22H2,1-5H3,(H,36,38,41). The number of carbonyl (C=O) groups is 2. The van der Waals surface area contributed by atoms with Gasteiger partial charge < -0.3 is 23.5 Å². The van der Waals surface area contributed by atoms with Crippen molar-refractivity contribution in [1.29, 1.82) is 0 Å². The first-order valence-electron chi connectivity index (χ1n) is 14.6. The first-order chi connectivity index (χ1) is 21.7. The van der Waals surface area contributed by atoms with Gasteiger partial charge in [0.05, 0.1) is 13.7 Å². The lowest BCUT2D eigenvalue weighted by molar-refractivity contribution is 0.0515. The average molecular weight is 609 g/mol. The summed E-state index contributed by atoms with van der Waals surface area (Å²) in [6.07, 6.45) is 2.62. The third-order valence-electron chi connectivity index (χ3n) is 6.78. The van der Waals surface area contributed by atoms with E-state index in [1.807, 2.05) is 65.2 Å². The molecule has 0 aliphatic carbocycles. The highest BCUT2D eigenvalue weighted by Crippen LogP contribution is 2.41. The molecule has 45 heavy (non-hydrogen) atoms. The Morgan fingerprint density at radius 2 is 1.71 bits per heavy atom. The molecule has 0 radical (unpaired) electrons. The van der Waals surface area contributed by atoms with Gasteiger partial charge in [-0.3, -0.25) is 5.32 Å². The smallest absolute Gasteiger partial charge is 0.413 e. The molecule has 232 valence electrons. The van der Waals surface area contributed by atoms with Crippen LogP contribution in [0.15, 0.2) is 85.2 Å². The monoisotopic (exact) mass is 608 g/mol. The summed E-state index contributed by atoms with van der Waals surface area (Å²) < 4.78 is 24.7. The summed E-state index contributed by atoms with van der Waals surface area (Å²) in [6.45, 7) is 7.97. The minimum absolute atomic E-state index is 0.189. The molecule has 0 unspecified atom stereocenters. The van der Waals surface area contributed by atoms with Gasteiger partial charge in [0.2, 0.25) is 5.88 Å². The molecular formula is C35H36N4O6. The van der Waals surface area contributed by atoms with Crippen LogP contribution in [0.2, 0.25) is 0 Å². The van der Waals surface area contributed by atoms with Gasteiger partial charge in [-0.05, 0) is 81.3 Å². The van der Waals surface area contributed by atoms with Gasteiger partial charge in [0.15, 0.2) is 0 Å². The fourth-order valence-electron chi connectivity index (χ4n) is 4.99. The van der Waals surface area contributed by atoms with Crippen LogP contribution in [0.4, 0.5) is 10.6 Å². The van der Waals surface area contributed by atoms with Crippen LogP contribution >= 0.6 is 0 Å². The van der Waals surface area contributed by atoms with E-state index in [9.17, 15) is 9.59 Å². The Morgan fingerprint density at radius 1 is 0.911 bits per heavy atom. The van der Waals surface area contributed by atoms with Gasteiger partial charge in [-0.25, -0.2) is 19.6 Å². The van der Waals surface area contributed by atoms with Crippen LogP contribution in [0.1, 0.15) is 49.3 Å². The van der Waals surface area contributed by atoms with Crippen molar-refractivity contribution in [3.05, 3.63) is 102 Å². The quantitative estimate of drug-likeness (QED) is 0.165. The third kappa shape index (κ3) is 7.41. The molecule has 0 bridgehead atoms. The largest absolute Gasteiger partial charge is 0.489 e. The van der Waals surface area contributed by atoms with Gasteiger partial charge in [0.1, 0.15) is 29.5 Å². The molecule has 5 rings (SSSR count). The van der Waals surface area contributed by atoms with E-state index in [0.29, 0.717) is 40.9 Å². The Morgan fingerprint density at radius 3 is 2.44 bits per heavy atom. The van der Waals surface area contributed by atoms with E-state index in [0.717, 1.165) is 22.0 Å². The second-order valence-electron chi connectivity index (χ2n) is 11.2. The number of esters is 1. The molecule has 3 heterocycles. The lowest BCUT2D eigenvalue weighted by atomic mass is 10.0. The Labute approximate surface area is 261 Å². The molecular weight excluding hydrogens is 572 g/mol. The molecule has 1 N–H and O–H groups in total. The highest BCUT2D eigenvalue weighted by molar-refractivity contribution is 6.09. The molecule has 0 aliphatic heterocycles. The van der Waals surface area contributed by atoms with Crippen molar-refractivity contribution in [2.75, 3.05) is 19.0 Å². The SMILES string of the molecule is CCOC(=O)c1c(-c2cccnc2OC)c2cc(OCc3ccccc3)ccc2n1Cc1ccnc(NC(=O)OC(C)(C)C)c1. The third-order valence-corrected chi connectivity index (χ3v) is 6.78. The fraction of sp³-hybridized carbons (Fsp3) is 0.257. The zero-order chi connectivity index (χ0) is 32.0. The minimum atomic E-state index is -0.659. The van der Waals surface area contributed by atoms with Crippen LogP contribution in [-0.4, -0.2) is 45.9 Å². The number of rotatable bonds is 10. The van der Waals surface area contributed by atoms with E-state index in [1.165, 1.54) is 0 Å². The number of amides is 1. The number of hydrogen-bond donors (Lipinski definition) is 1. The lowest BCUT2D eigenvalue weighted by Gasteiger charge is -2.19. The van der Waals surface area contributed by atoms with E-state index in [4.69, 9.17) is 18.9 Å². The lowest BCUT2D eigenvalue weighted by Crippen LogP contribution is -2.27. The van der Waals surface area contributed by atoms with E-state index >= 15 is 0 Å². The molecule has 0 saturated carbocycles. The molecule has 1 amide bonds. The summed E-state index contributed by atoms with van der Waals surface area (Å²) in [4.78, 5) is 34.8. The van der Waals surface area contributed by atoms with Gasteiger partial charge in [0.25, 0.3) is 0 Å². The minimum Gasteiger partial charge on any atom is -0.489 e. The number of nitrogens with one attached hydrogen (secondary N) is 1. The number of carbonyl (C=O) groups excluding carboxylic acids is 2. The maximum absolute atomic E-state index is 13.7. The molecule has 10 nitrogen and oxygen atoms in total. The van der Waals surface area contributed by atoms with Crippen molar-refractivity contribution in [3.8, 4) is 22.8 Å². The van der Waals surface area contributed by atoms with Gasteiger partial charge in [-0.1, -0.05) is 30.3 Å². The van der Waals surface area contributed by atoms with Gasteiger partial charge in [-0.15, -0.1) is 0 Å². The predicted octanol–water partition coefficient (Wildman–Crippen LogP) is 7.26. The summed E-state index contributed by atoms with van der Waals surface area (Å²) in [5, 5.41) is 3.45. The zero-order valence-corrected chi connectivity index (χ0v) is 26.0. The molecule has 5 aromatic rings. The predicted molar refractivity (Wildman–Crippen MR) is 172 cm³/mol. The van der Waals surface area contributed by atoms with E-state index in [1.54, 1.807) is 59.3 Å². The van der Waals surface area contributed by atoms with Crippen molar-refractivity contribution in [2.45, 2.75) is 46.4 Å². The highest BCUT2D eigenvalue weighted by Gasteiger charge is 2.28. The molecule has 3 aromatic heterocycles. The normalized spacial score (nSPS) is 11.2. The second kappa shape index (κ2) is 13.5. The van der Waals surface area contributed by atoms with E-state index in [-0.39, 0.29) is 13.2 Å². The number of benzene rings is 2. The number of ether oxygens (including phenoxy) is 4. The number of hydrogen-bond acceptors (Lipinski definition) is 8. The number of aromatic nitrogens is 3. The molecule has 2 aromatic carbocycles.